The van der Waals surface area contributed by atoms with Crippen LogP contribution in [0.3, 0.4) is 0 Å². The van der Waals surface area contributed by atoms with E-state index in [1.807, 2.05) is 6.07 Å². The predicted octanol–water partition coefficient (Wildman–Crippen LogP) is 3.40. The van der Waals surface area contributed by atoms with Gasteiger partial charge in [0.2, 0.25) is 5.95 Å². The van der Waals surface area contributed by atoms with Crippen molar-refractivity contribution in [3.8, 4) is 0 Å². The van der Waals surface area contributed by atoms with Gasteiger partial charge in [-0.15, -0.1) is 11.8 Å². The van der Waals surface area contributed by atoms with Crippen molar-refractivity contribution in [2.75, 3.05) is 31.2 Å². The van der Waals surface area contributed by atoms with E-state index in [2.05, 4.69) is 14.9 Å². The molecule has 0 aliphatic carbocycles. The van der Waals surface area contributed by atoms with E-state index < -0.39 is 0 Å². The Morgan fingerprint density at radius 3 is 2.82 bits per heavy atom. The molecule has 0 unspecified atom stereocenters. The fourth-order valence-electron chi connectivity index (χ4n) is 2.14. The fraction of sp³-hybridized carbons (Fsp3) is 0.333. The van der Waals surface area contributed by atoms with Crippen LogP contribution in [0.25, 0.3) is 0 Å². The molecule has 0 spiro atoms. The van der Waals surface area contributed by atoms with Gasteiger partial charge in [-0.1, -0.05) is 17.7 Å². The van der Waals surface area contributed by atoms with E-state index >= 15 is 0 Å². The van der Waals surface area contributed by atoms with E-state index in [1.165, 1.54) is 23.9 Å². The molecule has 1 aliphatic heterocycles. The standard InChI is InChI=1S/C15H15ClFN3OS/c16-14-9-12(10-22-13-3-1-2-11(17)8-13)18-15(19-14)20-4-6-21-7-5-20/h1-3,8-9H,4-7,10H2. The van der Waals surface area contributed by atoms with Crippen LogP contribution in [0.5, 0.6) is 0 Å². The van der Waals surface area contributed by atoms with Crippen molar-refractivity contribution in [1.82, 2.24) is 9.97 Å². The van der Waals surface area contributed by atoms with Crippen molar-refractivity contribution in [1.29, 1.82) is 0 Å². The Morgan fingerprint density at radius 2 is 2.05 bits per heavy atom. The monoisotopic (exact) mass is 339 g/mol. The number of aromatic nitrogens is 2. The van der Waals surface area contributed by atoms with Gasteiger partial charge in [0, 0.05) is 23.7 Å². The summed E-state index contributed by atoms with van der Waals surface area (Å²) in [4.78, 5) is 11.8. The van der Waals surface area contributed by atoms with Crippen molar-refractivity contribution >= 4 is 29.3 Å². The molecule has 0 atom stereocenters. The average Bonchev–Trinajstić information content (AvgIpc) is 2.53. The molecule has 116 valence electrons. The van der Waals surface area contributed by atoms with Crippen molar-refractivity contribution in [3.05, 3.63) is 47.0 Å². The highest BCUT2D eigenvalue weighted by molar-refractivity contribution is 7.98. The lowest BCUT2D eigenvalue weighted by atomic mass is 10.4. The molecular formula is C15H15ClFN3OS. The highest BCUT2D eigenvalue weighted by Gasteiger charge is 2.15. The first-order valence-electron chi connectivity index (χ1n) is 6.95. The van der Waals surface area contributed by atoms with Crippen LogP contribution in [-0.4, -0.2) is 36.3 Å². The molecule has 7 heteroatoms. The van der Waals surface area contributed by atoms with E-state index in [0.717, 1.165) is 23.7 Å². The average molecular weight is 340 g/mol. The number of morpholine rings is 1. The van der Waals surface area contributed by atoms with Crippen LogP contribution >= 0.6 is 23.4 Å². The third-order valence-electron chi connectivity index (χ3n) is 3.21. The molecule has 1 aliphatic rings. The van der Waals surface area contributed by atoms with Gasteiger partial charge in [0.05, 0.1) is 18.9 Å². The van der Waals surface area contributed by atoms with Gasteiger partial charge in [-0.05, 0) is 24.3 Å². The molecule has 2 heterocycles. The molecule has 0 radical (unpaired) electrons. The minimum Gasteiger partial charge on any atom is -0.378 e. The van der Waals surface area contributed by atoms with Gasteiger partial charge >= 0.3 is 0 Å². The molecule has 0 N–H and O–H groups in total. The summed E-state index contributed by atoms with van der Waals surface area (Å²) < 4.78 is 18.5. The van der Waals surface area contributed by atoms with Gasteiger partial charge in [0.1, 0.15) is 11.0 Å². The molecule has 0 amide bonds. The van der Waals surface area contributed by atoms with Gasteiger partial charge in [-0.3, -0.25) is 0 Å². The molecular weight excluding hydrogens is 325 g/mol. The van der Waals surface area contributed by atoms with Crippen LogP contribution in [0.15, 0.2) is 35.2 Å². The molecule has 1 aromatic carbocycles. The largest absolute Gasteiger partial charge is 0.378 e. The maximum atomic E-state index is 13.2. The molecule has 1 saturated heterocycles. The second kappa shape index (κ2) is 7.26. The first-order valence-corrected chi connectivity index (χ1v) is 8.31. The number of anilines is 1. The predicted molar refractivity (Wildman–Crippen MR) is 86.0 cm³/mol. The summed E-state index contributed by atoms with van der Waals surface area (Å²) in [6.07, 6.45) is 0. The lowest BCUT2D eigenvalue weighted by Crippen LogP contribution is -2.37. The van der Waals surface area contributed by atoms with Gasteiger partial charge in [-0.2, -0.15) is 0 Å². The Hall–Kier alpha value is -1.37. The summed E-state index contributed by atoms with van der Waals surface area (Å²) in [7, 11) is 0. The SMILES string of the molecule is Fc1cccc(SCc2cc(Cl)nc(N3CCOCC3)n2)c1. The summed E-state index contributed by atoms with van der Waals surface area (Å²) in [6.45, 7) is 2.86. The Bertz CT molecular complexity index is 652. The van der Waals surface area contributed by atoms with Crippen LogP contribution in [0.4, 0.5) is 10.3 Å². The molecule has 1 aromatic heterocycles. The Labute approximate surface area is 137 Å². The maximum absolute atomic E-state index is 13.2. The van der Waals surface area contributed by atoms with Gasteiger partial charge in [0.15, 0.2) is 0 Å². The van der Waals surface area contributed by atoms with Gasteiger partial charge in [0.25, 0.3) is 0 Å². The third kappa shape index (κ3) is 4.09. The van der Waals surface area contributed by atoms with E-state index in [0.29, 0.717) is 30.1 Å². The maximum Gasteiger partial charge on any atom is 0.227 e. The first kappa shape index (κ1) is 15.5. The van der Waals surface area contributed by atoms with E-state index in [4.69, 9.17) is 16.3 Å². The molecule has 0 bridgehead atoms. The minimum atomic E-state index is -0.236. The number of benzene rings is 1. The van der Waals surface area contributed by atoms with Gasteiger partial charge in [-0.25, -0.2) is 14.4 Å². The molecule has 1 fully saturated rings. The van der Waals surface area contributed by atoms with Crippen LogP contribution in [0.1, 0.15) is 5.69 Å². The lowest BCUT2D eigenvalue weighted by Gasteiger charge is -2.27. The molecule has 3 rings (SSSR count). The van der Waals surface area contributed by atoms with Crippen LogP contribution in [0.2, 0.25) is 5.15 Å². The van der Waals surface area contributed by atoms with Crippen molar-refractivity contribution in [2.45, 2.75) is 10.6 Å². The number of hydrogen-bond acceptors (Lipinski definition) is 5. The highest BCUT2D eigenvalue weighted by Crippen LogP contribution is 2.24. The number of halogens is 2. The Morgan fingerprint density at radius 1 is 1.23 bits per heavy atom. The van der Waals surface area contributed by atoms with Gasteiger partial charge < -0.3 is 9.64 Å². The fourth-order valence-corrected chi connectivity index (χ4v) is 3.18. The normalized spacial score (nSPS) is 15.1. The molecule has 22 heavy (non-hydrogen) atoms. The van der Waals surface area contributed by atoms with Crippen LogP contribution < -0.4 is 4.90 Å². The summed E-state index contributed by atoms with van der Waals surface area (Å²) in [6, 6.07) is 8.26. The van der Waals surface area contributed by atoms with Crippen molar-refractivity contribution < 1.29 is 9.13 Å². The first-order chi connectivity index (χ1) is 10.7. The van der Waals surface area contributed by atoms with Crippen LogP contribution in [-0.2, 0) is 10.5 Å². The van der Waals surface area contributed by atoms with Crippen LogP contribution in [0, 0.1) is 5.82 Å². The topological polar surface area (TPSA) is 38.2 Å². The smallest absolute Gasteiger partial charge is 0.227 e. The van der Waals surface area contributed by atoms with Crippen molar-refractivity contribution in [3.63, 3.8) is 0 Å². The van der Waals surface area contributed by atoms with E-state index in [9.17, 15) is 4.39 Å². The summed E-state index contributed by atoms with van der Waals surface area (Å²) in [5.74, 6) is 1.01. The summed E-state index contributed by atoms with van der Waals surface area (Å²) in [5, 5.41) is 0.423. The second-order valence-electron chi connectivity index (χ2n) is 4.83. The summed E-state index contributed by atoms with van der Waals surface area (Å²) in [5.41, 5.74) is 0.829. The highest BCUT2D eigenvalue weighted by atomic mass is 35.5. The molecule has 4 nitrogen and oxygen atoms in total. The Balaban J connectivity index is 1.71. The third-order valence-corrected chi connectivity index (χ3v) is 4.43. The van der Waals surface area contributed by atoms with E-state index in [1.54, 1.807) is 12.1 Å². The minimum absolute atomic E-state index is 0.236. The molecule has 2 aromatic rings. The zero-order valence-electron chi connectivity index (χ0n) is 11.8. The summed E-state index contributed by atoms with van der Waals surface area (Å²) >= 11 is 7.62. The second-order valence-corrected chi connectivity index (χ2v) is 6.26. The van der Waals surface area contributed by atoms with E-state index in [-0.39, 0.29) is 5.82 Å². The number of hydrogen-bond donors (Lipinski definition) is 0. The zero-order chi connectivity index (χ0) is 15.4. The Kier molecular flexibility index (Phi) is 5.12. The number of ether oxygens (including phenoxy) is 1. The number of nitrogens with zero attached hydrogens (tertiary/aromatic N) is 3. The quantitative estimate of drug-likeness (QED) is 0.630. The molecule has 0 saturated carbocycles. The zero-order valence-corrected chi connectivity index (χ0v) is 13.4. The number of thioether (sulfide) groups is 1. The van der Waals surface area contributed by atoms with Crippen molar-refractivity contribution in [2.24, 2.45) is 0 Å². The number of rotatable bonds is 4. The lowest BCUT2D eigenvalue weighted by molar-refractivity contribution is 0.122.